The molecular formula is C14H17N3OS. The number of hydrogen-bond acceptors (Lipinski definition) is 3. The van der Waals surface area contributed by atoms with Gasteiger partial charge in [-0.2, -0.15) is 11.3 Å². The fourth-order valence-corrected chi connectivity index (χ4v) is 3.28. The summed E-state index contributed by atoms with van der Waals surface area (Å²) in [4.78, 5) is 18.4. The van der Waals surface area contributed by atoms with Crippen LogP contribution >= 0.6 is 11.3 Å². The summed E-state index contributed by atoms with van der Waals surface area (Å²) in [5.41, 5.74) is 0.796. The van der Waals surface area contributed by atoms with Crippen molar-refractivity contribution in [2.45, 2.75) is 19.4 Å². The third-order valence-corrected chi connectivity index (χ3v) is 4.38. The van der Waals surface area contributed by atoms with Crippen LogP contribution in [0, 0.1) is 5.92 Å². The van der Waals surface area contributed by atoms with Gasteiger partial charge in [-0.15, -0.1) is 0 Å². The summed E-state index contributed by atoms with van der Waals surface area (Å²) in [6.07, 6.45) is 5.97. The van der Waals surface area contributed by atoms with Crippen molar-refractivity contribution < 1.29 is 4.79 Å². The molecule has 19 heavy (non-hydrogen) atoms. The Bertz CT molecular complexity index is 561. The van der Waals surface area contributed by atoms with E-state index in [-0.39, 0.29) is 5.91 Å². The van der Waals surface area contributed by atoms with Crippen LogP contribution in [0.3, 0.4) is 0 Å². The van der Waals surface area contributed by atoms with E-state index in [1.807, 2.05) is 41.2 Å². The summed E-state index contributed by atoms with van der Waals surface area (Å²) in [7, 11) is 1.89. The second-order valence-corrected chi connectivity index (χ2v) is 5.87. The molecule has 1 amide bonds. The smallest absolute Gasteiger partial charge is 0.254 e. The molecule has 3 rings (SSSR count). The van der Waals surface area contributed by atoms with Crippen LogP contribution < -0.4 is 0 Å². The largest absolute Gasteiger partial charge is 0.341 e. The molecule has 0 radical (unpaired) electrons. The fourth-order valence-electron chi connectivity index (χ4n) is 2.65. The van der Waals surface area contributed by atoms with E-state index in [1.165, 1.54) is 0 Å². The monoisotopic (exact) mass is 275 g/mol. The lowest BCUT2D eigenvalue weighted by Gasteiger charge is -2.27. The number of thiophene rings is 1. The lowest BCUT2D eigenvalue weighted by molar-refractivity contribution is 0.0764. The van der Waals surface area contributed by atoms with Gasteiger partial charge in [-0.3, -0.25) is 4.79 Å². The van der Waals surface area contributed by atoms with Crippen LogP contribution in [0.25, 0.3) is 0 Å². The number of fused-ring (bicyclic) bond motifs is 1. The van der Waals surface area contributed by atoms with E-state index in [0.717, 1.165) is 37.3 Å². The van der Waals surface area contributed by atoms with Gasteiger partial charge in [-0.05, 0) is 23.8 Å². The van der Waals surface area contributed by atoms with E-state index >= 15 is 0 Å². The Hall–Kier alpha value is -1.62. The molecule has 3 heterocycles. The highest BCUT2D eigenvalue weighted by Crippen LogP contribution is 2.20. The molecular weight excluding hydrogens is 258 g/mol. The Kier molecular flexibility index (Phi) is 3.38. The number of aryl methyl sites for hydroxylation is 1. The minimum absolute atomic E-state index is 0.121. The van der Waals surface area contributed by atoms with Crippen molar-refractivity contribution in [3.05, 3.63) is 40.6 Å². The van der Waals surface area contributed by atoms with Gasteiger partial charge < -0.3 is 9.47 Å². The molecule has 0 N–H and O–H groups in total. The number of imidazole rings is 1. The SMILES string of the molecule is CN(C[C@@H]1CCn2ccnc2C1)C(=O)c1ccsc1. The van der Waals surface area contributed by atoms with Gasteiger partial charge in [0.1, 0.15) is 5.82 Å². The molecule has 0 spiro atoms. The van der Waals surface area contributed by atoms with Crippen molar-refractivity contribution in [1.29, 1.82) is 0 Å². The summed E-state index contributed by atoms with van der Waals surface area (Å²) in [5.74, 6) is 1.78. The number of amides is 1. The summed E-state index contributed by atoms with van der Waals surface area (Å²) >= 11 is 1.56. The first-order valence-electron chi connectivity index (χ1n) is 6.51. The molecule has 0 aromatic carbocycles. The molecule has 2 aromatic heterocycles. The highest BCUT2D eigenvalue weighted by Gasteiger charge is 2.22. The van der Waals surface area contributed by atoms with Gasteiger partial charge >= 0.3 is 0 Å². The predicted octanol–water partition coefficient (Wildman–Crippen LogP) is 2.28. The number of carbonyl (C=O) groups is 1. The van der Waals surface area contributed by atoms with E-state index in [9.17, 15) is 4.79 Å². The molecule has 0 saturated carbocycles. The molecule has 0 fully saturated rings. The Morgan fingerprint density at radius 1 is 1.63 bits per heavy atom. The van der Waals surface area contributed by atoms with Gasteiger partial charge in [-0.1, -0.05) is 0 Å². The molecule has 1 atom stereocenters. The van der Waals surface area contributed by atoms with Crippen LogP contribution in [0.15, 0.2) is 29.2 Å². The zero-order valence-electron chi connectivity index (χ0n) is 11.0. The maximum absolute atomic E-state index is 12.2. The van der Waals surface area contributed by atoms with Gasteiger partial charge in [-0.25, -0.2) is 4.98 Å². The average molecular weight is 275 g/mol. The van der Waals surface area contributed by atoms with Crippen molar-refractivity contribution in [3.8, 4) is 0 Å². The normalized spacial score (nSPS) is 18.1. The van der Waals surface area contributed by atoms with E-state index in [0.29, 0.717) is 5.92 Å². The summed E-state index contributed by atoms with van der Waals surface area (Å²) in [6, 6.07) is 1.89. The van der Waals surface area contributed by atoms with Crippen LogP contribution in [-0.2, 0) is 13.0 Å². The number of carbonyl (C=O) groups excluding carboxylic acids is 1. The van der Waals surface area contributed by atoms with Gasteiger partial charge in [0.2, 0.25) is 0 Å². The van der Waals surface area contributed by atoms with E-state index < -0.39 is 0 Å². The predicted molar refractivity (Wildman–Crippen MR) is 75.3 cm³/mol. The summed E-state index contributed by atoms with van der Waals surface area (Å²) < 4.78 is 2.21. The second kappa shape index (κ2) is 5.17. The molecule has 4 nitrogen and oxygen atoms in total. The minimum Gasteiger partial charge on any atom is -0.341 e. The molecule has 0 bridgehead atoms. The molecule has 1 aliphatic heterocycles. The molecule has 0 aliphatic carbocycles. The Morgan fingerprint density at radius 3 is 3.32 bits per heavy atom. The first-order valence-corrected chi connectivity index (χ1v) is 7.46. The topological polar surface area (TPSA) is 38.1 Å². The average Bonchev–Trinajstić information content (AvgIpc) is 3.08. The lowest BCUT2D eigenvalue weighted by Crippen LogP contribution is -2.34. The molecule has 0 saturated heterocycles. The van der Waals surface area contributed by atoms with E-state index in [1.54, 1.807) is 11.3 Å². The third-order valence-electron chi connectivity index (χ3n) is 3.70. The number of aromatic nitrogens is 2. The van der Waals surface area contributed by atoms with Crippen LogP contribution in [0.5, 0.6) is 0 Å². The summed E-state index contributed by atoms with van der Waals surface area (Å²) in [6.45, 7) is 1.82. The van der Waals surface area contributed by atoms with Crippen molar-refractivity contribution in [2.75, 3.05) is 13.6 Å². The molecule has 1 aliphatic rings. The Labute approximate surface area is 116 Å². The first kappa shape index (κ1) is 12.4. The van der Waals surface area contributed by atoms with Crippen molar-refractivity contribution in [2.24, 2.45) is 5.92 Å². The highest BCUT2D eigenvalue weighted by molar-refractivity contribution is 7.08. The quantitative estimate of drug-likeness (QED) is 0.862. The van der Waals surface area contributed by atoms with Crippen molar-refractivity contribution >= 4 is 17.2 Å². The van der Waals surface area contributed by atoms with Gasteiger partial charge in [0.25, 0.3) is 5.91 Å². The fraction of sp³-hybridized carbons (Fsp3) is 0.429. The van der Waals surface area contributed by atoms with Gasteiger partial charge in [0.05, 0.1) is 5.56 Å². The number of nitrogens with zero attached hydrogens (tertiary/aromatic N) is 3. The second-order valence-electron chi connectivity index (χ2n) is 5.09. The van der Waals surface area contributed by atoms with Gasteiger partial charge in [0.15, 0.2) is 0 Å². The summed E-state index contributed by atoms with van der Waals surface area (Å²) in [5, 5.41) is 3.85. The van der Waals surface area contributed by atoms with Gasteiger partial charge in [0, 0.05) is 44.3 Å². The molecule has 2 aromatic rings. The minimum atomic E-state index is 0.121. The highest BCUT2D eigenvalue weighted by atomic mass is 32.1. The Morgan fingerprint density at radius 2 is 2.53 bits per heavy atom. The van der Waals surface area contributed by atoms with Crippen molar-refractivity contribution in [3.63, 3.8) is 0 Å². The van der Waals surface area contributed by atoms with Crippen LogP contribution in [0.4, 0.5) is 0 Å². The standard InChI is InChI=1S/C14H17N3OS/c1-16(14(18)12-3-7-19-10-12)9-11-2-5-17-6-4-15-13(17)8-11/h3-4,6-7,10-11H,2,5,8-9H2,1H3/t11-/m1/s1. The van der Waals surface area contributed by atoms with E-state index in [2.05, 4.69) is 9.55 Å². The third kappa shape index (κ3) is 2.56. The van der Waals surface area contributed by atoms with E-state index in [4.69, 9.17) is 0 Å². The van der Waals surface area contributed by atoms with Crippen LogP contribution in [0.1, 0.15) is 22.6 Å². The van der Waals surface area contributed by atoms with Crippen LogP contribution in [-0.4, -0.2) is 34.0 Å². The first-order chi connectivity index (χ1) is 9.24. The number of rotatable bonds is 3. The van der Waals surface area contributed by atoms with Crippen molar-refractivity contribution in [1.82, 2.24) is 14.5 Å². The lowest BCUT2D eigenvalue weighted by atomic mass is 9.97. The zero-order valence-corrected chi connectivity index (χ0v) is 11.8. The maximum Gasteiger partial charge on any atom is 0.254 e. The number of hydrogen-bond donors (Lipinski definition) is 0. The molecule has 5 heteroatoms. The molecule has 0 unspecified atom stereocenters. The van der Waals surface area contributed by atoms with Crippen LogP contribution in [0.2, 0.25) is 0 Å². The molecule has 100 valence electrons. The zero-order chi connectivity index (χ0) is 13.2. The maximum atomic E-state index is 12.2. The Balaban J connectivity index is 1.62.